The van der Waals surface area contributed by atoms with Crippen LogP contribution in [0.1, 0.15) is 25.0 Å². The molecular weight excluding hydrogens is 375 g/mol. The van der Waals surface area contributed by atoms with Crippen molar-refractivity contribution < 1.29 is 28.1 Å². The number of ether oxygens (including phenoxy) is 5. The third-order valence-electron chi connectivity index (χ3n) is 5.21. The van der Waals surface area contributed by atoms with E-state index in [0.717, 1.165) is 11.1 Å². The summed E-state index contributed by atoms with van der Waals surface area (Å²) in [7, 11) is 0. The van der Waals surface area contributed by atoms with Gasteiger partial charge in [-0.25, -0.2) is 4.39 Å². The van der Waals surface area contributed by atoms with E-state index >= 15 is 0 Å². The number of halogens is 1. The van der Waals surface area contributed by atoms with Gasteiger partial charge in [-0.3, -0.25) is 0 Å². The van der Waals surface area contributed by atoms with Gasteiger partial charge in [-0.2, -0.15) is 0 Å². The summed E-state index contributed by atoms with van der Waals surface area (Å²) in [4.78, 5) is 0. The Balaban J connectivity index is 1.48. The van der Waals surface area contributed by atoms with E-state index in [1.807, 2.05) is 74.5 Å². The van der Waals surface area contributed by atoms with Crippen molar-refractivity contribution in [3.05, 3.63) is 71.8 Å². The van der Waals surface area contributed by atoms with Crippen LogP contribution in [0, 0.1) is 0 Å². The molecule has 0 aliphatic carbocycles. The van der Waals surface area contributed by atoms with Gasteiger partial charge in [0.15, 0.2) is 17.7 Å². The Bertz CT molecular complexity index is 784. The third-order valence-corrected chi connectivity index (χ3v) is 5.21. The molecule has 4 rings (SSSR count). The van der Waals surface area contributed by atoms with Gasteiger partial charge in [-0.05, 0) is 25.0 Å². The maximum atomic E-state index is 14.4. The Labute approximate surface area is 170 Å². The molecule has 29 heavy (non-hydrogen) atoms. The fraction of sp³-hybridized carbons (Fsp3) is 0.478. The van der Waals surface area contributed by atoms with Gasteiger partial charge in [0.2, 0.25) is 0 Å². The first-order valence-electron chi connectivity index (χ1n) is 9.88. The fourth-order valence-corrected chi connectivity index (χ4v) is 3.84. The minimum Gasteiger partial charge on any atom is -0.374 e. The van der Waals surface area contributed by atoms with Crippen molar-refractivity contribution >= 4 is 0 Å². The molecule has 3 unspecified atom stereocenters. The summed E-state index contributed by atoms with van der Waals surface area (Å²) in [5, 5.41) is 0. The number of fused-ring (bicyclic) bond motifs is 1. The zero-order valence-electron chi connectivity index (χ0n) is 16.8. The van der Waals surface area contributed by atoms with Gasteiger partial charge in [-0.1, -0.05) is 60.7 Å². The SMILES string of the molecule is CC1(C)OC2O[C@](CF)(COCc3ccccc3)C(OCc3ccccc3)C2O1. The lowest BCUT2D eigenvalue weighted by molar-refractivity contribution is -0.257. The lowest BCUT2D eigenvalue weighted by Crippen LogP contribution is -2.51. The molecule has 0 amide bonds. The molecule has 5 nitrogen and oxygen atoms in total. The quantitative estimate of drug-likeness (QED) is 0.668. The Morgan fingerprint density at radius 3 is 2.10 bits per heavy atom. The molecule has 2 aliphatic rings. The Morgan fingerprint density at radius 1 is 0.862 bits per heavy atom. The number of hydrogen-bond acceptors (Lipinski definition) is 5. The van der Waals surface area contributed by atoms with Crippen molar-refractivity contribution in [2.45, 2.75) is 56.9 Å². The number of hydrogen-bond donors (Lipinski definition) is 0. The van der Waals surface area contributed by atoms with Gasteiger partial charge < -0.3 is 23.7 Å². The molecule has 0 saturated carbocycles. The Hall–Kier alpha value is -1.83. The Kier molecular flexibility index (Phi) is 5.99. The molecule has 0 bridgehead atoms. The summed E-state index contributed by atoms with van der Waals surface area (Å²) in [5.74, 6) is -0.808. The van der Waals surface area contributed by atoms with Crippen LogP contribution in [-0.4, -0.2) is 43.2 Å². The molecule has 0 radical (unpaired) electrons. The minimum atomic E-state index is -1.28. The molecule has 156 valence electrons. The van der Waals surface area contributed by atoms with E-state index < -0.39 is 36.6 Å². The molecule has 2 heterocycles. The van der Waals surface area contributed by atoms with Gasteiger partial charge in [0.05, 0.1) is 19.8 Å². The van der Waals surface area contributed by atoms with E-state index in [2.05, 4.69) is 0 Å². The Morgan fingerprint density at radius 2 is 1.48 bits per heavy atom. The van der Waals surface area contributed by atoms with E-state index in [1.54, 1.807) is 0 Å². The van der Waals surface area contributed by atoms with E-state index in [9.17, 15) is 4.39 Å². The molecule has 2 aromatic rings. The number of alkyl halides is 1. The summed E-state index contributed by atoms with van der Waals surface area (Å²) in [6, 6.07) is 19.5. The first-order chi connectivity index (χ1) is 14.0. The van der Waals surface area contributed by atoms with E-state index in [4.69, 9.17) is 23.7 Å². The van der Waals surface area contributed by atoms with Crippen LogP contribution in [0.5, 0.6) is 0 Å². The zero-order valence-corrected chi connectivity index (χ0v) is 16.8. The monoisotopic (exact) mass is 402 g/mol. The highest BCUT2D eigenvalue weighted by molar-refractivity contribution is 5.15. The maximum absolute atomic E-state index is 14.4. The molecule has 2 fully saturated rings. The maximum Gasteiger partial charge on any atom is 0.190 e. The van der Waals surface area contributed by atoms with Gasteiger partial charge in [0.1, 0.15) is 18.9 Å². The van der Waals surface area contributed by atoms with Gasteiger partial charge in [0, 0.05) is 0 Å². The first-order valence-corrected chi connectivity index (χ1v) is 9.88. The summed E-state index contributed by atoms with van der Waals surface area (Å²) < 4.78 is 44.2. The van der Waals surface area contributed by atoms with Crippen LogP contribution in [0.3, 0.4) is 0 Å². The van der Waals surface area contributed by atoms with Crippen LogP contribution >= 0.6 is 0 Å². The van der Waals surface area contributed by atoms with Crippen molar-refractivity contribution in [3.63, 3.8) is 0 Å². The van der Waals surface area contributed by atoms with Crippen LogP contribution < -0.4 is 0 Å². The lowest BCUT2D eigenvalue weighted by atomic mass is 9.97. The number of rotatable bonds is 8. The normalized spacial score (nSPS) is 30.4. The number of benzene rings is 2. The topological polar surface area (TPSA) is 46.2 Å². The second-order valence-corrected chi connectivity index (χ2v) is 7.98. The van der Waals surface area contributed by atoms with Crippen LogP contribution in [-0.2, 0) is 36.9 Å². The smallest absolute Gasteiger partial charge is 0.190 e. The van der Waals surface area contributed by atoms with Crippen molar-refractivity contribution in [1.82, 2.24) is 0 Å². The van der Waals surface area contributed by atoms with Crippen LogP contribution in [0.25, 0.3) is 0 Å². The van der Waals surface area contributed by atoms with Gasteiger partial charge >= 0.3 is 0 Å². The molecule has 0 spiro atoms. The van der Waals surface area contributed by atoms with Crippen molar-refractivity contribution in [1.29, 1.82) is 0 Å². The summed E-state index contributed by atoms with van der Waals surface area (Å²) >= 11 is 0. The third kappa shape index (κ3) is 4.52. The van der Waals surface area contributed by atoms with Crippen LogP contribution in [0.2, 0.25) is 0 Å². The lowest BCUT2D eigenvalue weighted by Gasteiger charge is -2.34. The second kappa shape index (κ2) is 8.50. The van der Waals surface area contributed by atoms with Crippen molar-refractivity contribution in [2.24, 2.45) is 0 Å². The second-order valence-electron chi connectivity index (χ2n) is 7.98. The summed E-state index contributed by atoms with van der Waals surface area (Å²) in [5.41, 5.74) is 0.720. The standard InChI is InChI=1S/C23H27FO5/c1-22(2)27-19-20(26-14-18-11-7-4-8-12-18)23(15-24,29-21(19)28-22)16-25-13-17-9-5-3-6-10-17/h3-12,19-21H,13-16H2,1-2H3/t19?,20?,21?,23-/m1/s1. The van der Waals surface area contributed by atoms with E-state index in [-0.39, 0.29) is 6.61 Å². The van der Waals surface area contributed by atoms with Crippen LogP contribution in [0.4, 0.5) is 4.39 Å². The molecular formula is C23H27FO5. The molecule has 0 N–H and O–H groups in total. The molecule has 4 atom stereocenters. The predicted molar refractivity (Wildman–Crippen MR) is 105 cm³/mol. The van der Waals surface area contributed by atoms with Crippen LogP contribution in [0.15, 0.2) is 60.7 Å². The fourth-order valence-electron chi connectivity index (χ4n) is 3.84. The highest BCUT2D eigenvalue weighted by Gasteiger charge is 2.63. The summed E-state index contributed by atoms with van der Waals surface area (Å²) in [6.45, 7) is 3.58. The molecule has 6 heteroatoms. The van der Waals surface area contributed by atoms with Crippen molar-refractivity contribution in [3.8, 4) is 0 Å². The minimum absolute atomic E-state index is 0.0397. The van der Waals surface area contributed by atoms with Gasteiger partial charge in [-0.15, -0.1) is 0 Å². The highest BCUT2D eigenvalue weighted by Crippen LogP contribution is 2.44. The molecule has 2 aliphatic heterocycles. The average molecular weight is 402 g/mol. The predicted octanol–water partition coefficient (Wildman–Crippen LogP) is 4.00. The first kappa shape index (κ1) is 20.4. The van der Waals surface area contributed by atoms with Gasteiger partial charge in [0.25, 0.3) is 0 Å². The van der Waals surface area contributed by atoms with E-state index in [1.165, 1.54) is 0 Å². The summed E-state index contributed by atoms with van der Waals surface area (Å²) in [6.07, 6.45) is -1.87. The largest absolute Gasteiger partial charge is 0.374 e. The average Bonchev–Trinajstić information content (AvgIpc) is 3.17. The zero-order chi connectivity index (χ0) is 20.3. The van der Waals surface area contributed by atoms with E-state index in [0.29, 0.717) is 13.2 Å². The molecule has 0 aromatic heterocycles. The molecule has 2 saturated heterocycles. The highest BCUT2D eigenvalue weighted by atomic mass is 19.1. The molecule has 2 aromatic carbocycles. The van der Waals surface area contributed by atoms with Crippen molar-refractivity contribution in [2.75, 3.05) is 13.3 Å².